The van der Waals surface area contributed by atoms with Gasteiger partial charge in [-0.25, -0.2) is 20.2 Å². The second kappa shape index (κ2) is 5.10. The molecule has 0 bridgehead atoms. The molecule has 0 radical (unpaired) electrons. The van der Waals surface area contributed by atoms with E-state index in [0.717, 1.165) is 18.4 Å². The molecule has 0 saturated heterocycles. The normalized spacial score (nSPS) is 15.3. The van der Waals surface area contributed by atoms with Crippen LogP contribution in [0.4, 0.5) is 10.3 Å². The Bertz CT molecular complexity index is 669. The number of rotatable bonds is 4. The third-order valence-corrected chi connectivity index (χ3v) is 3.52. The number of nitrogen functional groups attached to an aromatic ring is 1. The van der Waals surface area contributed by atoms with Crippen LogP contribution in [0.2, 0.25) is 0 Å². The number of hydrogen-bond acceptors (Lipinski definition) is 5. The van der Waals surface area contributed by atoms with Crippen LogP contribution < -0.4 is 16.6 Å². The Labute approximate surface area is 120 Å². The molecule has 3 rings (SSSR count). The smallest absolute Gasteiger partial charge is 0.268 e. The van der Waals surface area contributed by atoms with Gasteiger partial charge in [-0.1, -0.05) is 12.1 Å². The first kappa shape index (κ1) is 13.4. The van der Waals surface area contributed by atoms with Crippen molar-refractivity contribution in [3.05, 3.63) is 53.6 Å². The number of anilines is 1. The molecule has 0 aliphatic heterocycles. The monoisotopic (exact) mass is 287 g/mol. The molecule has 1 aliphatic carbocycles. The van der Waals surface area contributed by atoms with Crippen LogP contribution in [-0.2, 0) is 5.54 Å². The summed E-state index contributed by atoms with van der Waals surface area (Å²) in [6.07, 6.45) is 4.54. The summed E-state index contributed by atoms with van der Waals surface area (Å²) in [7, 11) is 0. The summed E-state index contributed by atoms with van der Waals surface area (Å²) in [5.41, 5.74) is 2.84. The van der Waals surface area contributed by atoms with Crippen LogP contribution in [0.5, 0.6) is 0 Å². The van der Waals surface area contributed by atoms with E-state index in [9.17, 15) is 9.18 Å². The molecule has 0 atom stereocenters. The molecule has 7 heteroatoms. The summed E-state index contributed by atoms with van der Waals surface area (Å²) >= 11 is 0. The van der Waals surface area contributed by atoms with Gasteiger partial charge in [0.05, 0.1) is 11.1 Å². The maximum atomic E-state index is 13.3. The number of benzene rings is 1. The fourth-order valence-electron chi connectivity index (χ4n) is 2.20. The summed E-state index contributed by atoms with van der Waals surface area (Å²) in [6.45, 7) is 0. The van der Waals surface area contributed by atoms with Crippen LogP contribution in [0, 0.1) is 5.82 Å². The third kappa shape index (κ3) is 2.68. The highest BCUT2D eigenvalue weighted by Crippen LogP contribution is 2.47. The number of amides is 1. The van der Waals surface area contributed by atoms with Gasteiger partial charge in [0, 0.05) is 12.4 Å². The minimum absolute atomic E-state index is 0.267. The maximum Gasteiger partial charge on any atom is 0.268 e. The van der Waals surface area contributed by atoms with Crippen molar-refractivity contribution in [1.29, 1.82) is 0 Å². The number of hydrogen-bond donors (Lipinski definition) is 3. The molecule has 0 unspecified atom stereocenters. The van der Waals surface area contributed by atoms with Crippen molar-refractivity contribution in [3.8, 4) is 0 Å². The van der Waals surface area contributed by atoms with E-state index in [2.05, 4.69) is 15.3 Å². The molecule has 4 N–H and O–H groups in total. The number of halogens is 1. The second-order valence-corrected chi connectivity index (χ2v) is 4.99. The van der Waals surface area contributed by atoms with Crippen molar-refractivity contribution in [1.82, 2.24) is 15.4 Å². The van der Waals surface area contributed by atoms with Crippen LogP contribution in [0.3, 0.4) is 0 Å². The van der Waals surface area contributed by atoms with Crippen LogP contribution in [-0.4, -0.2) is 15.9 Å². The molecule has 1 aromatic heterocycles. The van der Waals surface area contributed by atoms with Crippen LogP contribution >= 0.6 is 0 Å². The van der Waals surface area contributed by atoms with E-state index in [-0.39, 0.29) is 16.9 Å². The maximum absolute atomic E-state index is 13.3. The van der Waals surface area contributed by atoms with Crippen LogP contribution in [0.1, 0.15) is 28.8 Å². The highest BCUT2D eigenvalue weighted by molar-refractivity contribution is 5.93. The van der Waals surface area contributed by atoms with Crippen molar-refractivity contribution in [3.63, 3.8) is 0 Å². The zero-order valence-corrected chi connectivity index (χ0v) is 11.1. The van der Waals surface area contributed by atoms with Crippen LogP contribution in [0.25, 0.3) is 0 Å². The quantitative estimate of drug-likeness (QED) is 0.448. The molecule has 21 heavy (non-hydrogen) atoms. The number of nitrogens with zero attached hydrogens (tertiary/aromatic N) is 2. The van der Waals surface area contributed by atoms with Gasteiger partial charge in [-0.2, -0.15) is 0 Å². The van der Waals surface area contributed by atoms with E-state index < -0.39 is 5.91 Å². The minimum Gasteiger partial charge on any atom is -0.345 e. The van der Waals surface area contributed by atoms with E-state index in [1.807, 2.05) is 11.5 Å². The van der Waals surface area contributed by atoms with Gasteiger partial charge in [-0.3, -0.25) is 10.2 Å². The molecular formula is C14H14FN5O. The lowest BCUT2D eigenvalue weighted by Crippen LogP contribution is -2.30. The molecule has 1 heterocycles. The van der Waals surface area contributed by atoms with Gasteiger partial charge in [0.1, 0.15) is 5.82 Å². The average molecular weight is 287 g/mol. The van der Waals surface area contributed by atoms with E-state index in [1.165, 1.54) is 24.5 Å². The lowest BCUT2D eigenvalue weighted by Gasteiger charge is -2.17. The highest BCUT2D eigenvalue weighted by Gasteiger charge is 2.45. The van der Waals surface area contributed by atoms with Gasteiger partial charge < -0.3 is 5.32 Å². The molecule has 1 aromatic carbocycles. The van der Waals surface area contributed by atoms with Crippen molar-refractivity contribution in [2.45, 2.75) is 18.4 Å². The molecular weight excluding hydrogens is 273 g/mol. The van der Waals surface area contributed by atoms with E-state index >= 15 is 0 Å². The molecule has 0 spiro atoms. The summed E-state index contributed by atoms with van der Waals surface area (Å²) in [6, 6.07) is 6.48. The van der Waals surface area contributed by atoms with Crippen molar-refractivity contribution in [2.75, 3.05) is 5.32 Å². The van der Waals surface area contributed by atoms with Gasteiger partial charge in [0.25, 0.3) is 5.91 Å². The van der Waals surface area contributed by atoms with Crippen LogP contribution in [0.15, 0.2) is 36.7 Å². The summed E-state index contributed by atoms with van der Waals surface area (Å²) in [4.78, 5) is 19.5. The van der Waals surface area contributed by atoms with Crippen molar-refractivity contribution in [2.24, 2.45) is 5.84 Å². The molecule has 6 nitrogen and oxygen atoms in total. The summed E-state index contributed by atoms with van der Waals surface area (Å²) in [5, 5.41) is 3.21. The Morgan fingerprint density at radius 3 is 2.57 bits per heavy atom. The lowest BCUT2D eigenvalue weighted by atomic mass is 10.1. The molecule has 1 aliphatic rings. The molecule has 1 saturated carbocycles. The SMILES string of the molecule is NNC(=O)c1cnc(NC2(c3cccc(F)c3)CC2)nc1. The molecule has 2 aromatic rings. The zero-order valence-electron chi connectivity index (χ0n) is 11.1. The van der Waals surface area contributed by atoms with E-state index in [0.29, 0.717) is 5.95 Å². The summed E-state index contributed by atoms with van der Waals surface area (Å²) in [5.74, 6) is 4.71. The summed E-state index contributed by atoms with van der Waals surface area (Å²) < 4.78 is 13.3. The number of carbonyl (C=O) groups is 1. The number of nitrogens with one attached hydrogen (secondary N) is 2. The number of aromatic nitrogens is 2. The van der Waals surface area contributed by atoms with Crippen molar-refractivity contribution < 1.29 is 9.18 Å². The molecule has 108 valence electrons. The first-order valence-electron chi connectivity index (χ1n) is 6.50. The predicted molar refractivity (Wildman–Crippen MR) is 74.6 cm³/mol. The highest BCUT2D eigenvalue weighted by atomic mass is 19.1. The minimum atomic E-state index is -0.451. The van der Waals surface area contributed by atoms with Gasteiger partial charge >= 0.3 is 0 Å². The van der Waals surface area contributed by atoms with E-state index in [4.69, 9.17) is 5.84 Å². The largest absolute Gasteiger partial charge is 0.345 e. The fraction of sp³-hybridized carbons (Fsp3) is 0.214. The van der Waals surface area contributed by atoms with Gasteiger partial charge in [0.2, 0.25) is 5.95 Å². The topological polar surface area (TPSA) is 92.9 Å². The van der Waals surface area contributed by atoms with Gasteiger partial charge in [-0.05, 0) is 30.5 Å². The van der Waals surface area contributed by atoms with E-state index in [1.54, 1.807) is 6.07 Å². The Morgan fingerprint density at radius 1 is 1.29 bits per heavy atom. The average Bonchev–Trinajstić information content (AvgIpc) is 3.28. The first-order valence-corrected chi connectivity index (χ1v) is 6.50. The zero-order chi connectivity index (χ0) is 14.9. The Kier molecular flexibility index (Phi) is 3.26. The Morgan fingerprint density at radius 2 is 2.00 bits per heavy atom. The number of nitrogens with two attached hydrogens (primary N) is 1. The lowest BCUT2D eigenvalue weighted by molar-refractivity contribution is 0.0953. The molecule has 1 fully saturated rings. The standard InChI is InChI=1S/C14H14FN5O/c15-11-3-1-2-10(6-11)14(4-5-14)19-13-17-7-9(8-18-13)12(21)20-16/h1-3,6-8H,4-5,16H2,(H,20,21)(H,17,18,19). The number of hydrazine groups is 1. The number of carbonyl (C=O) groups excluding carboxylic acids is 1. The Balaban J connectivity index is 1.79. The van der Waals surface area contributed by atoms with Crippen molar-refractivity contribution >= 4 is 11.9 Å². The van der Waals surface area contributed by atoms with Gasteiger partial charge in [0.15, 0.2) is 0 Å². The van der Waals surface area contributed by atoms with Gasteiger partial charge in [-0.15, -0.1) is 0 Å². The third-order valence-electron chi connectivity index (χ3n) is 3.52. The fourth-order valence-corrected chi connectivity index (χ4v) is 2.20. The Hall–Kier alpha value is -2.54. The first-order chi connectivity index (χ1) is 10.1. The second-order valence-electron chi connectivity index (χ2n) is 4.99. The molecule has 1 amide bonds. The predicted octanol–water partition coefficient (Wildman–Crippen LogP) is 1.32.